The SMILES string of the molecule is CCOCCC(=O)Nc1ccc2c(c1)c1ccccc1n2CC. The topological polar surface area (TPSA) is 43.3 Å². The highest BCUT2D eigenvalue weighted by atomic mass is 16.5. The van der Waals surface area contributed by atoms with Gasteiger partial charge >= 0.3 is 0 Å². The van der Waals surface area contributed by atoms with E-state index < -0.39 is 0 Å². The van der Waals surface area contributed by atoms with Crippen LogP contribution in [0.4, 0.5) is 5.69 Å². The summed E-state index contributed by atoms with van der Waals surface area (Å²) in [6.07, 6.45) is 0.378. The number of aromatic nitrogens is 1. The smallest absolute Gasteiger partial charge is 0.226 e. The maximum Gasteiger partial charge on any atom is 0.226 e. The third-order valence-corrected chi connectivity index (χ3v) is 4.05. The van der Waals surface area contributed by atoms with Crippen molar-refractivity contribution in [2.24, 2.45) is 0 Å². The van der Waals surface area contributed by atoms with Crippen LogP contribution in [0.3, 0.4) is 0 Å². The molecule has 0 saturated heterocycles. The first-order chi connectivity index (χ1) is 11.2. The number of amides is 1. The number of rotatable bonds is 6. The van der Waals surface area contributed by atoms with Crippen molar-refractivity contribution in [2.45, 2.75) is 26.8 Å². The van der Waals surface area contributed by atoms with E-state index in [0.717, 1.165) is 12.2 Å². The van der Waals surface area contributed by atoms with E-state index in [1.807, 2.05) is 13.0 Å². The summed E-state index contributed by atoms with van der Waals surface area (Å²) < 4.78 is 7.52. The maximum absolute atomic E-state index is 12.0. The number of nitrogens with one attached hydrogen (secondary N) is 1. The fraction of sp³-hybridized carbons (Fsp3) is 0.316. The summed E-state index contributed by atoms with van der Waals surface area (Å²) in [7, 11) is 0. The Kier molecular flexibility index (Phi) is 4.63. The van der Waals surface area contributed by atoms with Gasteiger partial charge < -0.3 is 14.6 Å². The second kappa shape index (κ2) is 6.84. The number of para-hydroxylation sites is 1. The summed E-state index contributed by atoms with van der Waals surface area (Å²) in [6.45, 7) is 6.09. The Balaban J connectivity index is 1.93. The van der Waals surface area contributed by atoms with Crippen molar-refractivity contribution < 1.29 is 9.53 Å². The quantitative estimate of drug-likeness (QED) is 0.694. The molecule has 0 aliphatic rings. The Morgan fingerprint density at radius 2 is 1.87 bits per heavy atom. The Bertz CT molecular complexity index is 836. The molecule has 1 aromatic heterocycles. The number of hydrogen-bond acceptors (Lipinski definition) is 2. The lowest BCUT2D eigenvalue weighted by Gasteiger charge is -2.07. The first kappa shape index (κ1) is 15.6. The van der Waals surface area contributed by atoms with E-state index in [2.05, 4.69) is 53.2 Å². The van der Waals surface area contributed by atoms with Gasteiger partial charge in [-0.1, -0.05) is 18.2 Å². The summed E-state index contributed by atoms with van der Waals surface area (Å²) in [5.74, 6) is -0.0166. The molecule has 1 heterocycles. The summed E-state index contributed by atoms with van der Waals surface area (Å²) in [5, 5.41) is 5.35. The van der Waals surface area contributed by atoms with Gasteiger partial charge in [0.05, 0.1) is 13.0 Å². The van der Waals surface area contributed by atoms with Crippen LogP contribution in [-0.2, 0) is 16.1 Å². The number of anilines is 1. The Labute approximate surface area is 136 Å². The average molecular weight is 310 g/mol. The predicted octanol–water partition coefficient (Wildman–Crippen LogP) is 4.18. The van der Waals surface area contributed by atoms with E-state index >= 15 is 0 Å². The predicted molar refractivity (Wildman–Crippen MR) is 94.9 cm³/mol. The van der Waals surface area contributed by atoms with E-state index in [0.29, 0.717) is 19.6 Å². The molecule has 4 heteroatoms. The molecule has 1 amide bonds. The van der Waals surface area contributed by atoms with Crippen LogP contribution in [0.1, 0.15) is 20.3 Å². The third-order valence-electron chi connectivity index (χ3n) is 4.05. The van der Waals surface area contributed by atoms with Gasteiger partial charge in [0.15, 0.2) is 0 Å². The van der Waals surface area contributed by atoms with Gasteiger partial charge in [-0.25, -0.2) is 0 Å². The van der Waals surface area contributed by atoms with Crippen molar-refractivity contribution in [3.8, 4) is 0 Å². The first-order valence-electron chi connectivity index (χ1n) is 8.13. The number of benzene rings is 2. The molecule has 2 aromatic carbocycles. The van der Waals surface area contributed by atoms with Gasteiger partial charge in [-0.15, -0.1) is 0 Å². The van der Waals surface area contributed by atoms with E-state index in [1.54, 1.807) is 0 Å². The minimum absolute atomic E-state index is 0.0166. The van der Waals surface area contributed by atoms with Crippen molar-refractivity contribution in [1.82, 2.24) is 4.57 Å². The van der Waals surface area contributed by atoms with Crippen molar-refractivity contribution in [3.05, 3.63) is 42.5 Å². The molecule has 0 bridgehead atoms. The summed E-state index contributed by atoms with van der Waals surface area (Å²) >= 11 is 0. The number of aryl methyl sites for hydroxylation is 1. The molecule has 0 fully saturated rings. The van der Waals surface area contributed by atoms with E-state index in [1.165, 1.54) is 21.8 Å². The minimum Gasteiger partial charge on any atom is -0.381 e. The molecule has 4 nitrogen and oxygen atoms in total. The molecule has 0 unspecified atom stereocenters. The largest absolute Gasteiger partial charge is 0.381 e. The molecule has 1 N–H and O–H groups in total. The summed E-state index contributed by atoms with van der Waals surface area (Å²) in [6, 6.07) is 14.5. The molecule has 0 spiro atoms. The van der Waals surface area contributed by atoms with Gasteiger partial charge in [0.1, 0.15) is 0 Å². The molecular weight excluding hydrogens is 288 g/mol. The molecular formula is C19H22N2O2. The van der Waals surface area contributed by atoms with Gasteiger partial charge in [-0.2, -0.15) is 0 Å². The number of ether oxygens (including phenoxy) is 1. The zero-order valence-corrected chi connectivity index (χ0v) is 13.6. The van der Waals surface area contributed by atoms with Gasteiger partial charge in [0.25, 0.3) is 0 Å². The Hall–Kier alpha value is -2.33. The lowest BCUT2D eigenvalue weighted by atomic mass is 10.1. The molecule has 23 heavy (non-hydrogen) atoms. The van der Waals surface area contributed by atoms with Crippen LogP contribution in [0.2, 0.25) is 0 Å². The zero-order valence-electron chi connectivity index (χ0n) is 13.6. The van der Waals surface area contributed by atoms with Crippen LogP contribution in [0.5, 0.6) is 0 Å². The van der Waals surface area contributed by atoms with Gasteiger partial charge in [-0.3, -0.25) is 4.79 Å². The number of carbonyl (C=O) groups excluding carboxylic acids is 1. The molecule has 0 saturated carbocycles. The minimum atomic E-state index is -0.0166. The molecule has 0 aliphatic carbocycles. The second-order valence-corrected chi connectivity index (χ2v) is 5.49. The highest BCUT2D eigenvalue weighted by Gasteiger charge is 2.10. The number of fused-ring (bicyclic) bond motifs is 3. The van der Waals surface area contributed by atoms with Crippen molar-refractivity contribution in [3.63, 3.8) is 0 Å². The summed E-state index contributed by atoms with van der Waals surface area (Å²) in [4.78, 5) is 12.0. The van der Waals surface area contributed by atoms with Crippen LogP contribution in [-0.4, -0.2) is 23.7 Å². The van der Waals surface area contributed by atoms with Gasteiger partial charge in [0.2, 0.25) is 5.91 Å². The normalized spacial score (nSPS) is 11.2. The first-order valence-corrected chi connectivity index (χ1v) is 8.13. The Morgan fingerprint density at radius 1 is 1.09 bits per heavy atom. The van der Waals surface area contributed by atoms with Crippen LogP contribution in [0.25, 0.3) is 21.8 Å². The zero-order chi connectivity index (χ0) is 16.2. The van der Waals surface area contributed by atoms with Crippen molar-refractivity contribution in [2.75, 3.05) is 18.5 Å². The van der Waals surface area contributed by atoms with Gasteiger partial charge in [-0.05, 0) is 38.1 Å². The third kappa shape index (κ3) is 3.08. The van der Waals surface area contributed by atoms with Gasteiger partial charge in [0, 0.05) is 40.6 Å². The fourth-order valence-electron chi connectivity index (χ4n) is 3.00. The number of nitrogens with zero attached hydrogens (tertiary/aromatic N) is 1. The van der Waals surface area contributed by atoms with Crippen LogP contribution < -0.4 is 5.32 Å². The lowest BCUT2D eigenvalue weighted by molar-refractivity contribution is -0.117. The average Bonchev–Trinajstić information content (AvgIpc) is 2.88. The van der Waals surface area contributed by atoms with Crippen LogP contribution in [0.15, 0.2) is 42.5 Å². The fourth-order valence-corrected chi connectivity index (χ4v) is 3.00. The van der Waals surface area contributed by atoms with E-state index in [-0.39, 0.29) is 5.91 Å². The van der Waals surface area contributed by atoms with Crippen LogP contribution in [0, 0.1) is 0 Å². The molecule has 0 radical (unpaired) electrons. The Morgan fingerprint density at radius 3 is 2.65 bits per heavy atom. The van der Waals surface area contributed by atoms with Crippen molar-refractivity contribution >= 4 is 33.4 Å². The van der Waals surface area contributed by atoms with E-state index in [4.69, 9.17) is 4.74 Å². The van der Waals surface area contributed by atoms with E-state index in [9.17, 15) is 4.79 Å². The summed E-state index contributed by atoms with van der Waals surface area (Å²) in [5.41, 5.74) is 3.25. The highest BCUT2D eigenvalue weighted by Crippen LogP contribution is 2.30. The van der Waals surface area contributed by atoms with Crippen molar-refractivity contribution in [1.29, 1.82) is 0 Å². The molecule has 0 atom stereocenters. The molecule has 3 rings (SSSR count). The standard InChI is InChI=1S/C19H22N2O2/c1-3-21-17-8-6-5-7-15(17)16-13-14(9-10-18(16)21)20-19(22)11-12-23-4-2/h5-10,13H,3-4,11-12H2,1-2H3,(H,20,22). The molecule has 3 aromatic rings. The second-order valence-electron chi connectivity index (χ2n) is 5.49. The highest BCUT2D eigenvalue weighted by molar-refractivity contribution is 6.09. The number of carbonyl (C=O) groups is 1. The monoisotopic (exact) mass is 310 g/mol. The molecule has 0 aliphatic heterocycles. The molecule has 120 valence electrons. The lowest BCUT2D eigenvalue weighted by Crippen LogP contribution is -2.14. The number of hydrogen-bond donors (Lipinski definition) is 1. The maximum atomic E-state index is 12.0. The van der Waals surface area contributed by atoms with Crippen LogP contribution >= 0.6 is 0 Å².